The summed E-state index contributed by atoms with van der Waals surface area (Å²) in [5, 5.41) is 15.2. The molecule has 3 aromatic carbocycles. The molecule has 0 fully saturated rings. The minimum Gasteiger partial charge on any atom is -0.379 e. The van der Waals surface area contributed by atoms with Gasteiger partial charge in [0.1, 0.15) is 10.6 Å². The van der Waals surface area contributed by atoms with Crippen LogP contribution in [0.2, 0.25) is 5.02 Å². The van der Waals surface area contributed by atoms with Gasteiger partial charge in [0.05, 0.1) is 11.1 Å². The highest BCUT2D eigenvalue weighted by Crippen LogP contribution is 2.22. The fraction of sp³-hybridized carbons (Fsp3) is 0. The predicted molar refractivity (Wildman–Crippen MR) is 114 cm³/mol. The summed E-state index contributed by atoms with van der Waals surface area (Å²) in [6.45, 7) is 0. The Balaban J connectivity index is 1.64. The van der Waals surface area contributed by atoms with Crippen LogP contribution in [0.5, 0.6) is 5.75 Å². The van der Waals surface area contributed by atoms with E-state index in [0.717, 1.165) is 6.07 Å². The zero-order valence-corrected chi connectivity index (χ0v) is 17.2. The molecule has 0 saturated heterocycles. The van der Waals surface area contributed by atoms with E-state index in [2.05, 4.69) is 10.5 Å². The van der Waals surface area contributed by atoms with Crippen molar-refractivity contribution < 1.29 is 22.3 Å². The maximum Gasteiger partial charge on any atom is 0.339 e. The number of carbonyl (C=O) groups is 1. The number of benzene rings is 3. The Kier molecular flexibility index (Phi) is 6.63. The molecule has 0 heterocycles. The van der Waals surface area contributed by atoms with Gasteiger partial charge >= 0.3 is 10.1 Å². The van der Waals surface area contributed by atoms with Gasteiger partial charge in [-0.3, -0.25) is 14.9 Å². The summed E-state index contributed by atoms with van der Waals surface area (Å²) in [5.74, 6) is -0.412. The van der Waals surface area contributed by atoms with Crippen molar-refractivity contribution in [3.8, 4) is 5.75 Å². The number of nitrogens with zero attached hydrogens (tertiary/aromatic N) is 2. The van der Waals surface area contributed by atoms with E-state index in [9.17, 15) is 23.3 Å². The number of nitrogens with one attached hydrogen (secondary N) is 1. The summed E-state index contributed by atoms with van der Waals surface area (Å²) in [7, 11) is -4.25. The topological polar surface area (TPSA) is 128 Å². The third-order valence-corrected chi connectivity index (χ3v) is 5.38. The summed E-state index contributed by atoms with van der Waals surface area (Å²) in [6.07, 6.45) is 1.37. The van der Waals surface area contributed by atoms with Gasteiger partial charge in [-0.05, 0) is 60.2 Å². The highest BCUT2D eigenvalue weighted by atomic mass is 35.5. The van der Waals surface area contributed by atoms with E-state index in [4.69, 9.17) is 15.8 Å². The van der Waals surface area contributed by atoms with Gasteiger partial charge in [0.25, 0.3) is 11.6 Å². The Bertz CT molecular complexity index is 1240. The molecule has 0 bridgehead atoms. The van der Waals surface area contributed by atoms with E-state index >= 15 is 0 Å². The number of nitro benzene ring substituents is 1. The predicted octanol–water partition coefficient (Wildman–Crippen LogP) is 3.78. The molecule has 11 heteroatoms. The number of carbonyl (C=O) groups excluding carboxylic acids is 1. The monoisotopic (exact) mass is 459 g/mol. The molecule has 0 radical (unpaired) electrons. The van der Waals surface area contributed by atoms with Crippen LogP contribution in [-0.4, -0.2) is 25.5 Å². The second-order valence-corrected chi connectivity index (χ2v) is 8.05. The maximum atomic E-state index is 12.3. The number of amides is 1. The summed E-state index contributed by atoms with van der Waals surface area (Å²) in [5.41, 5.74) is 2.95. The Morgan fingerprint density at radius 2 is 1.74 bits per heavy atom. The van der Waals surface area contributed by atoms with E-state index in [0.29, 0.717) is 16.1 Å². The minimum absolute atomic E-state index is 0.00820. The third-order valence-electron chi connectivity index (χ3n) is 3.89. The molecule has 0 aromatic heterocycles. The molecule has 0 spiro atoms. The van der Waals surface area contributed by atoms with Crippen molar-refractivity contribution in [1.82, 2.24) is 5.43 Å². The lowest BCUT2D eigenvalue weighted by Crippen LogP contribution is -2.17. The molecule has 0 atom stereocenters. The molecule has 158 valence electrons. The van der Waals surface area contributed by atoms with Crippen molar-refractivity contribution in [2.75, 3.05) is 0 Å². The molecule has 3 aromatic rings. The summed E-state index contributed by atoms with van der Waals surface area (Å²) in [6, 6.07) is 16.7. The first-order chi connectivity index (χ1) is 14.7. The number of hydrogen-bond donors (Lipinski definition) is 1. The van der Waals surface area contributed by atoms with Gasteiger partial charge in [0.2, 0.25) is 0 Å². The second-order valence-electron chi connectivity index (χ2n) is 6.07. The zero-order valence-electron chi connectivity index (χ0n) is 15.6. The van der Waals surface area contributed by atoms with E-state index < -0.39 is 20.9 Å². The molecule has 0 aliphatic heterocycles. The molecular formula is C20H14ClN3O6S. The highest BCUT2D eigenvalue weighted by Gasteiger charge is 2.19. The third kappa shape index (κ3) is 5.87. The summed E-state index contributed by atoms with van der Waals surface area (Å²) in [4.78, 5) is 21.8. The quantitative estimate of drug-likeness (QED) is 0.248. The number of rotatable bonds is 7. The largest absolute Gasteiger partial charge is 0.379 e. The maximum absolute atomic E-state index is 12.3. The lowest BCUT2D eigenvalue weighted by molar-refractivity contribution is -0.385. The molecule has 3 rings (SSSR count). The Labute approximate surface area is 182 Å². The average molecular weight is 460 g/mol. The Morgan fingerprint density at radius 1 is 1.06 bits per heavy atom. The Morgan fingerprint density at radius 3 is 2.39 bits per heavy atom. The van der Waals surface area contributed by atoms with Crippen LogP contribution in [0.25, 0.3) is 0 Å². The van der Waals surface area contributed by atoms with Crippen molar-refractivity contribution in [2.24, 2.45) is 5.10 Å². The number of nitro groups is 1. The minimum atomic E-state index is -4.25. The number of hydrogen-bond acceptors (Lipinski definition) is 7. The van der Waals surface area contributed by atoms with Crippen LogP contribution >= 0.6 is 11.6 Å². The van der Waals surface area contributed by atoms with Crippen LogP contribution in [0.1, 0.15) is 15.9 Å². The molecule has 9 nitrogen and oxygen atoms in total. The zero-order chi connectivity index (χ0) is 22.4. The van der Waals surface area contributed by atoms with Crippen LogP contribution in [0.3, 0.4) is 0 Å². The van der Waals surface area contributed by atoms with E-state index in [1.165, 1.54) is 48.7 Å². The van der Waals surface area contributed by atoms with Gasteiger partial charge in [-0.2, -0.15) is 13.5 Å². The fourth-order valence-corrected chi connectivity index (χ4v) is 3.47. The van der Waals surface area contributed by atoms with Crippen molar-refractivity contribution in [3.05, 3.63) is 99.1 Å². The Hall–Kier alpha value is -3.76. The first-order valence-electron chi connectivity index (χ1n) is 8.62. The smallest absolute Gasteiger partial charge is 0.339 e. The highest BCUT2D eigenvalue weighted by molar-refractivity contribution is 7.87. The molecule has 1 amide bonds. The summed E-state index contributed by atoms with van der Waals surface area (Å²) >= 11 is 5.77. The van der Waals surface area contributed by atoms with Crippen molar-refractivity contribution in [2.45, 2.75) is 4.90 Å². The molecular weight excluding hydrogens is 446 g/mol. The SMILES string of the molecule is O=C(N/N=C\c1ccc(OS(=O)(=O)c2cccc([N+](=O)[O-])c2)cc1)c1ccc(Cl)cc1. The summed E-state index contributed by atoms with van der Waals surface area (Å²) < 4.78 is 29.7. The lowest BCUT2D eigenvalue weighted by Gasteiger charge is -2.07. The molecule has 0 aliphatic carbocycles. The normalized spacial score (nSPS) is 11.3. The second kappa shape index (κ2) is 9.37. The van der Waals surface area contributed by atoms with Crippen LogP contribution in [-0.2, 0) is 10.1 Å². The van der Waals surface area contributed by atoms with Gasteiger partial charge in [-0.1, -0.05) is 17.7 Å². The van der Waals surface area contributed by atoms with Crippen molar-refractivity contribution >= 4 is 39.5 Å². The van der Waals surface area contributed by atoms with Crippen LogP contribution in [0, 0.1) is 10.1 Å². The van der Waals surface area contributed by atoms with Gasteiger partial charge in [0.15, 0.2) is 0 Å². The molecule has 0 unspecified atom stereocenters. The number of non-ortho nitro benzene ring substituents is 1. The van der Waals surface area contributed by atoms with Gasteiger partial charge in [-0.15, -0.1) is 0 Å². The first kappa shape index (κ1) is 21.9. The van der Waals surface area contributed by atoms with Crippen molar-refractivity contribution in [3.63, 3.8) is 0 Å². The molecule has 31 heavy (non-hydrogen) atoms. The lowest BCUT2D eigenvalue weighted by atomic mass is 10.2. The standard InChI is InChI=1S/C20H14ClN3O6S/c21-16-8-6-15(7-9-16)20(25)23-22-13-14-4-10-18(11-5-14)30-31(28,29)19-3-1-2-17(12-19)24(26)27/h1-13H,(H,23,25)/b22-13-. The average Bonchev–Trinajstić information content (AvgIpc) is 2.75. The first-order valence-corrected chi connectivity index (χ1v) is 10.4. The van der Waals surface area contributed by atoms with Crippen molar-refractivity contribution in [1.29, 1.82) is 0 Å². The fourth-order valence-electron chi connectivity index (χ4n) is 2.37. The van der Waals surface area contributed by atoms with Crippen LogP contribution in [0.15, 0.2) is 82.8 Å². The molecule has 0 aliphatic rings. The molecule has 0 saturated carbocycles. The van der Waals surface area contributed by atoms with E-state index in [-0.39, 0.29) is 16.3 Å². The van der Waals surface area contributed by atoms with E-state index in [1.54, 1.807) is 24.3 Å². The number of halogens is 1. The van der Waals surface area contributed by atoms with E-state index in [1.807, 2.05) is 0 Å². The molecule has 1 N–H and O–H groups in total. The van der Waals surface area contributed by atoms with Gasteiger partial charge in [0, 0.05) is 22.7 Å². The van der Waals surface area contributed by atoms with Crippen LogP contribution < -0.4 is 9.61 Å². The van der Waals surface area contributed by atoms with Gasteiger partial charge < -0.3 is 4.18 Å². The van der Waals surface area contributed by atoms with Crippen LogP contribution in [0.4, 0.5) is 5.69 Å². The van der Waals surface area contributed by atoms with Gasteiger partial charge in [-0.25, -0.2) is 5.43 Å². The number of hydrazone groups is 1.